The Morgan fingerprint density at radius 1 is 1.50 bits per heavy atom. The highest BCUT2D eigenvalue weighted by Crippen LogP contribution is 2.27. The standard InChI is InChI=1S/C11H13NOS/c1-9-4-6-12(7-5-9)11-3-2-10(8-13)14-11/h2-4,8H,5-7H2,1H3. The van der Waals surface area contributed by atoms with E-state index in [9.17, 15) is 4.79 Å². The molecule has 74 valence electrons. The van der Waals surface area contributed by atoms with E-state index in [1.54, 1.807) is 11.3 Å². The van der Waals surface area contributed by atoms with Crippen LogP contribution in [0.4, 0.5) is 5.00 Å². The number of carbonyl (C=O) groups is 1. The third-order valence-corrected chi connectivity index (χ3v) is 3.55. The highest BCUT2D eigenvalue weighted by molar-refractivity contribution is 7.17. The molecule has 0 fully saturated rings. The zero-order valence-corrected chi connectivity index (χ0v) is 9.01. The summed E-state index contributed by atoms with van der Waals surface area (Å²) < 4.78 is 0. The topological polar surface area (TPSA) is 20.3 Å². The summed E-state index contributed by atoms with van der Waals surface area (Å²) >= 11 is 1.57. The van der Waals surface area contributed by atoms with E-state index in [2.05, 4.69) is 17.9 Å². The van der Waals surface area contributed by atoms with Gasteiger partial charge in [0.2, 0.25) is 0 Å². The first kappa shape index (κ1) is 9.46. The predicted octanol–water partition coefficient (Wildman–Crippen LogP) is 2.72. The largest absolute Gasteiger partial charge is 0.359 e. The van der Waals surface area contributed by atoms with Gasteiger partial charge in [0.05, 0.1) is 9.88 Å². The van der Waals surface area contributed by atoms with Crippen molar-refractivity contribution in [3.8, 4) is 0 Å². The normalized spacial score (nSPS) is 16.6. The van der Waals surface area contributed by atoms with Crippen LogP contribution in [0.15, 0.2) is 23.8 Å². The molecule has 2 nitrogen and oxygen atoms in total. The van der Waals surface area contributed by atoms with Gasteiger partial charge in [0, 0.05) is 13.1 Å². The van der Waals surface area contributed by atoms with Gasteiger partial charge >= 0.3 is 0 Å². The lowest BCUT2D eigenvalue weighted by Gasteiger charge is -2.25. The fourth-order valence-electron chi connectivity index (χ4n) is 1.55. The number of rotatable bonds is 2. The minimum absolute atomic E-state index is 0.811. The predicted molar refractivity (Wildman–Crippen MR) is 60.3 cm³/mol. The van der Waals surface area contributed by atoms with Gasteiger partial charge in [0.15, 0.2) is 6.29 Å². The molecular formula is C11H13NOS. The maximum absolute atomic E-state index is 10.5. The molecule has 0 bridgehead atoms. The summed E-state index contributed by atoms with van der Waals surface area (Å²) in [6.07, 6.45) is 4.30. The Hall–Kier alpha value is -1.09. The van der Waals surface area contributed by atoms with Gasteiger partial charge in [-0.1, -0.05) is 11.6 Å². The number of thiophene rings is 1. The van der Waals surface area contributed by atoms with Crippen LogP contribution in [-0.2, 0) is 0 Å². The molecule has 0 radical (unpaired) electrons. The first-order valence-corrected chi connectivity index (χ1v) is 5.57. The molecule has 1 aromatic heterocycles. The lowest BCUT2D eigenvalue weighted by atomic mass is 10.1. The van der Waals surface area contributed by atoms with E-state index in [-0.39, 0.29) is 0 Å². The molecule has 0 spiro atoms. The molecule has 0 N–H and O–H groups in total. The average Bonchev–Trinajstić information content (AvgIpc) is 2.67. The smallest absolute Gasteiger partial charge is 0.160 e. The molecule has 1 aromatic rings. The molecule has 0 amide bonds. The van der Waals surface area contributed by atoms with Gasteiger partial charge in [0.25, 0.3) is 0 Å². The van der Waals surface area contributed by atoms with Crippen molar-refractivity contribution in [3.05, 3.63) is 28.7 Å². The molecule has 1 aliphatic rings. The van der Waals surface area contributed by atoms with Crippen molar-refractivity contribution in [2.24, 2.45) is 0 Å². The zero-order chi connectivity index (χ0) is 9.97. The molecule has 0 unspecified atom stereocenters. The summed E-state index contributed by atoms with van der Waals surface area (Å²) in [5.74, 6) is 0. The molecule has 0 aliphatic carbocycles. The Bertz CT molecular complexity index is 367. The number of hydrogen-bond acceptors (Lipinski definition) is 3. The van der Waals surface area contributed by atoms with Crippen molar-refractivity contribution >= 4 is 22.6 Å². The Balaban J connectivity index is 2.12. The van der Waals surface area contributed by atoms with E-state index in [0.717, 1.165) is 30.7 Å². The third kappa shape index (κ3) is 1.87. The Kier molecular flexibility index (Phi) is 2.68. The summed E-state index contributed by atoms with van der Waals surface area (Å²) in [7, 11) is 0. The van der Waals surface area contributed by atoms with Crippen molar-refractivity contribution in [2.45, 2.75) is 13.3 Å². The number of nitrogens with zero attached hydrogens (tertiary/aromatic N) is 1. The second-order valence-corrected chi connectivity index (χ2v) is 4.63. The maximum Gasteiger partial charge on any atom is 0.160 e. The van der Waals surface area contributed by atoms with Gasteiger partial charge in [0.1, 0.15) is 0 Å². The van der Waals surface area contributed by atoms with Gasteiger partial charge in [-0.3, -0.25) is 4.79 Å². The second-order valence-electron chi connectivity index (χ2n) is 3.54. The lowest BCUT2D eigenvalue weighted by Crippen LogP contribution is -2.27. The van der Waals surface area contributed by atoms with Crippen LogP contribution in [0, 0.1) is 0 Å². The van der Waals surface area contributed by atoms with Crippen LogP contribution >= 0.6 is 11.3 Å². The zero-order valence-electron chi connectivity index (χ0n) is 8.19. The number of aldehydes is 1. The van der Waals surface area contributed by atoms with Gasteiger partial charge in [-0.15, -0.1) is 11.3 Å². The summed E-state index contributed by atoms with van der Waals surface area (Å²) in [5, 5.41) is 1.20. The second kappa shape index (κ2) is 3.96. The first-order chi connectivity index (χ1) is 6.79. The van der Waals surface area contributed by atoms with Crippen LogP contribution in [0.1, 0.15) is 23.0 Å². The minimum atomic E-state index is 0.811. The van der Waals surface area contributed by atoms with E-state index in [1.807, 2.05) is 12.1 Å². The molecule has 2 rings (SSSR count). The number of anilines is 1. The lowest BCUT2D eigenvalue weighted by molar-refractivity contribution is 0.112. The molecular weight excluding hydrogens is 194 g/mol. The van der Waals surface area contributed by atoms with Gasteiger partial charge in [-0.25, -0.2) is 0 Å². The van der Waals surface area contributed by atoms with Crippen molar-refractivity contribution in [2.75, 3.05) is 18.0 Å². The van der Waals surface area contributed by atoms with E-state index in [1.165, 1.54) is 10.6 Å². The highest BCUT2D eigenvalue weighted by Gasteiger charge is 2.11. The van der Waals surface area contributed by atoms with E-state index in [0.29, 0.717) is 0 Å². The summed E-state index contributed by atoms with van der Waals surface area (Å²) in [4.78, 5) is 13.7. The molecule has 0 saturated heterocycles. The fourth-order valence-corrected chi connectivity index (χ4v) is 2.40. The molecule has 2 heterocycles. The third-order valence-electron chi connectivity index (χ3n) is 2.48. The number of carbonyl (C=O) groups excluding carboxylic acids is 1. The van der Waals surface area contributed by atoms with Crippen molar-refractivity contribution < 1.29 is 4.79 Å². The Morgan fingerprint density at radius 3 is 2.93 bits per heavy atom. The quantitative estimate of drug-likeness (QED) is 0.549. The minimum Gasteiger partial charge on any atom is -0.359 e. The fraction of sp³-hybridized carbons (Fsp3) is 0.364. The Morgan fingerprint density at radius 2 is 2.36 bits per heavy atom. The van der Waals surface area contributed by atoms with Crippen LogP contribution in [0.5, 0.6) is 0 Å². The molecule has 3 heteroatoms. The Labute approximate surface area is 87.9 Å². The maximum atomic E-state index is 10.5. The van der Waals surface area contributed by atoms with Crippen molar-refractivity contribution in [3.63, 3.8) is 0 Å². The molecule has 14 heavy (non-hydrogen) atoms. The molecule has 0 atom stereocenters. The van der Waals surface area contributed by atoms with Crippen LogP contribution in [0.3, 0.4) is 0 Å². The molecule has 0 aromatic carbocycles. The highest BCUT2D eigenvalue weighted by atomic mass is 32.1. The van der Waals surface area contributed by atoms with E-state index in [4.69, 9.17) is 0 Å². The first-order valence-electron chi connectivity index (χ1n) is 4.75. The van der Waals surface area contributed by atoms with Crippen molar-refractivity contribution in [1.29, 1.82) is 0 Å². The summed E-state index contributed by atoms with van der Waals surface area (Å²) in [5.41, 5.74) is 1.47. The van der Waals surface area contributed by atoms with E-state index < -0.39 is 0 Å². The molecule has 1 aliphatic heterocycles. The summed E-state index contributed by atoms with van der Waals surface area (Å²) in [6, 6.07) is 3.92. The van der Waals surface area contributed by atoms with Crippen LogP contribution in [0.2, 0.25) is 0 Å². The SMILES string of the molecule is CC1=CCN(c2ccc(C=O)s2)CC1. The van der Waals surface area contributed by atoms with E-state index >= 15 is 0 Å². The molecule has 0 saturated carbocycles. The van der Waals surface area contributed by atoms with Crippen LogP contribution in [0.25, 0.3) is 0 Å². The van der Waals surface area contributed by atoms with Crippen LogP contribution < -0.4 is 4.90 Å². The van der Waals surface area contributed by atoms with Crippen LogP contribution in [-0.4, -0.2) is 19.4 Å². The van der Waals surface area contributed by atoms with Gasteiger partial charge < -0.3 is 4.90 Å². The van der Waals surface area contributed by atoms with Gasteiger partial charge in [-0.05, 0) is 25.5 Å². The van der Waals surface area contributed by atoms with Gasteiger partial charge in [-0.2, -0.15) is 0 Å². The number of hydrogen-bond donors (Lipinski definition) is 0. The average molecular weight is 207 g/mol. The van der Waals surface area contributed by atoms with Crippen molar-refractivity contribution in [1.82, 2.24) is 0 Å². The monoisotopic (exact) mass is 207 g/mol. The summed E-state index contributed by atoms with van der Waals surface area (Å²) in [6.45, 7) is 4.22.